The summed E-state index contributed by atoms with van der Waals surface area (Å²) >= 11 is 0. The summed E-state index contributed by atoms with van der Waals surface area (Å²) in [5.41, 5.74) is 5.60. The van der Waals surface area contributed by atoms with Crippen LogP contribution in [0.25, 0.3) is 39.4 Å². The fourth-order valence-corrected chi connectivity index (χ4v) is 7.49. The first kappa shape index (κ1) is 34.0. The molecule has 51 heavy (non-hydrogen) atoms. The van der Waals surface area contributed by atoms with Crippen LogP contribution in [0.1, 0.15) is 19.2 Å². The molecule has 2 aliphatic rings. The summed E-state index contributed by atoms with van der Waals surface area (Å²) in [7, 11) is -8.66. The first-order valence-electron chi connectivity index (χ1n) is 16.1. The number of hydrogen-bond acceptors (Lipinski definition) is 9. The second kappa shape index (κ2) is 14.0. The molecule has 0 aliphatic carbocycles. The molecule has 0 saturated heterocycles. The summed E-state index contributed by atoms with van der Waals surface area (Å²) in [4.78, 5) is 1.53. The average molecular weight is 725 g/mol. The van der Waals surface area contributed by atoms with Gasteiger partial charge in [0, 0.05) is 18.3 Å². The number of ether oxygens (including phenoxy) is 1. The summed E-state index contributed by atoms with van der Waals surface area (Å²) in [5.74, 6) is -0.482. The van der Waals surface area contributed by atoms with E-state index in [1.54, 1.807) is 42.5 Å². The van der Waals surface area contributed by atoms with Crippen molar-refractivity contribution in [3.8, 4) is 28.0 Å². The van der Waals surface area contributed by atoms with Gasteiger partial charge in [0.05, 0.1) is 18.3 Å². The maximum atomic E-state index is 13.5. The highest BCUT2D eigenvalue weighted by Crippen LogP contribution is 2.42. The zero-order valence-electron chi connectivity index (χ0n) is 27.5. The molecule has 0 saturated carbocycles. The van der Waals surface area contributed by atoms with Crippen molar-refractivity contribution in [3.63, 3.8) is 0 Å². The lowest BCUT2D eigenvalue weighted by molar-refractivity contribution is -0.658. The molecule has 1 N–H and O–H groups in total. The van der Waals surface area contributed by atoms with Gasteiger partial charge in [-0.1, -0.05) is 91.9 Å². The van der Waals surface area contributed by atoms with Gasteiger partial charge in [-0.3, -0.25) is 9.45 Å². The number of fused-ring (bicyclic) bond motifs is 2. The lowest BCUT2D eigenvalue weighted by Crippen LogP contribution is -2.39. The third kappa shape index (κ3) is 7.81. The van der Waals surface area contributed by atoms with Crippen molar-refractivity contribution >= 4 is 43.1 Å². The van der Waals surface area contributed by atoms with E-state index in [1.807, 2.05) is 91.9 Å². The predicted octanol–water partition coefficient (Wildman–Crippen LogP) is 7.04. The summed E-state index contributed by atoms with van der Waals surface area (Å²) in [6.45, 7) is 2.16. The molecule has 260 valence electrons. The van der Waals surface area contributed by atoms with E-state index in [-0.39, 0.29) is 18.3 Å². The SMILES string of the molecule is CCC(/C=C1\Oc2ccc(-c3ccccc3)cc2N1CS(=O)(=O)ON1C=CC=CC1)=C\c1oc2ccc(-c3ccccc3)cc2[n+]1CS(=O)(=O)O. The van der Waals surface area contributed by atoms with E-state index in [0.29, 0.717) is 34.5 Å². The number of aromatic nitrogens is 1. The number of rotatable bonds is 11. The van der Waals surface area contributed by atoms with Crippen molar-refractivity contribution in [2.45, 2.75) is 19.2 Å². The van der Waals surface area contributed by atoms with E-state index < -0.39 is 32.0 Å². The number of oxazole rings is 1. The van der Waals surface area contributed by atoms with Crippen LogP contribution in [0.15, 0.2) is 143 Å². The average Bonchev–Trinajstić information content (AvgIpc) is 3.63. The van der Waals surface area contributed by atoms with E-state index in [1.165, 1.54) is 20.7 Å². The fourth-order valence-electron chi connectivity index (χ4n) is 5.86. The Kier molecular flexibility index (Phi) is 9.36. The molecule has 11 nitrogen and oxygen atoms in total. The molecule has 0 fully saturated rings. The van der Waals surface area contributed by atoms with Crippen LogP contribution in [0.3, 0.4) is 0 Å². The monoisotopic (exact) mass is 724 g/mol. The molecule has 7 rings (SSSR count). The molecule has 13 heteroatoms. The fraction of sp³-hybridized carbons (Fsp3) is 0.132. The molecule has 0 unspecified atom stereocenters. The van der Waals surface area contributed by atoms with Crippen LogP contribution in [0.2, 0.25) is 0 Å². The molecule has 0 atom stereocenters. The van der Waals surface area contributed by atoms with E-state index in [4.69, 9.17) is 13.4 Å². The highest BCUT2D eigenvalue weighted by Gasteiger charge is 2.33. The Balaban J connectivity index is 1.30. The summed E-state index contributed by atoms with van der Waals surface area (Å²) in [6, 6.07) is 30.3. The van der Waals surface area contributed by atoms with Gasteiger partial charge in [0.2, 0.25) is 11.5 Å². The molecule has 0 radical (unpaired) electrons. The Bertz CT molecular complexity index is 2440. The summed E-state index contributed by atoms with van der Waals surface area (Å²) in [5, 5.41) is 1.23. The lowest BCUT2D eigenvalue weighted by atomic mass is 10.0. The first-order valence-corrected chi connectivity index (χ1v) is 19.3. The van der Waals surface area contributed by atoms with Crippen LogP contribution in [0, 0.1) is 0 Å². The van der Waals surface area contributed by atoms with E-state index in [9.17, 15) is 21.4 Å². The summed E-state index contributed by atoms with van der Waals surface area (Å²) in [6.07, 6.45) is 10.5. The topological polar surface area (TPSA) is 130 Å². The van der Waals surface area contributed by atoms with Gasteiger partial charge in [-0.15, -0.1) is 8.85 Å². The minimum Gasteiger partial charge on any atom is -0.439 e. The zero-order valence-corrected chi connectivity index (χ0v) is 29.1. The van der Waals surface area contributed by atoms with Gasteiger partial charge in [-0.25, -0.2) is 5.06 Å². The first-order chi connectivity index (χ1) is 24.5. The Labute approximate surface area is 296 Å². The van der Waals surface area contributed by atoms with Gasteiger partial charge in [0.25, 0.3) is 11.4 Å². The van der Waals surface area contributed by atoms with Gasteiger partial charge in [0.1, 0.15) is 0 Å². The number of allylic oxidation sites excluding steroid dienone is 4. The standard InChI is InChI=1S/C38H33N3O8S2/c1-2-28(22-37-40(26-50(42,43)44)33-24-31(16-18-35(33)47-37)29-12-6-3-7-13-29)23-38-41(27-51(45,46)49-39-20-10-5-11-21-39)34-25-32(17-19-36(34)48-38)30-14-8-4-9-15-30/h3-20,22-25H,2,21,26-27H2,1H3/p+1. The zero-order chi connectivity index (χ0) is 35.6. The van der Waals surface area contributed by atoms with Crippen LogP contribution < -0.4 is 14.2 Å². The van der Waals surface area contributed by atoms with Crippen molar-refractivity contribution in [2.75, 3.05) is 17.3 Å². The largest absolute Gasteiger partial charge is 0.439 e. The molecule has 0 bridgehead atoms. The third-order valence-corrected chi connectivity index (χ3v) is 9.85. The highest BCUT2D eigenvalue weighted by molar-refractivity contribution is 7.86. The van der Waals surface area contributed by atoms with Crippen LogP contribution in [0.5, 0.6) is 5.75 Å². The van der Waals surface area contributed by atoms with Crippen LogP contribution in [0.4, 0.5) is 5.69 Å². The molecule has 0 spiro atoms. The van der Waals surface area contributed by atoms with Crippen molar-refractivity contribution in [3.05, 3.63) is 145 Å². The Morgan fingerprint density at radius 1 is 0.882 bits per heavy atom. The number of anilines is 1. The molecule has 4 aromatic carbocycles. The van der Waals surface area contributed by atoms with Crippen molar-refractivity contribution in [2.24, 2.45) is 0 Å². The summed E-state index contributed by atoms with van der Waals surface area (Å²) < 4.78 is 80.5. The van der Waals surface area contributed by atoms with Crippen LogP contribution in [-0.2, 0) is 30.4 Å². The second-order valence-corrected chi connectivity index (χ2v) is 14.8. The number of nitrogens with zero attached hydrogens (tertiary/aromatic N) is 3. The van der Waals surface area contributed by atoms with Gasteiger partial charge >= 0.3 is 26.1 Å². The van der Waals surface area contributed by atoms with Crippen molar-refractivity contribution in [1.29, 1.82) is 0 Å². The van der Waals surface area contributed by atoms with Crippen LogP contribution in [-0.4, -0.2) is 38.9 Å². The van der Waals surface area contributed by atoms with Gasteiger partial charge in [-0.2, -0.15) is 16.8 Å². The molecular weight excluding hydrogens is 691 g/mol. The molecule has 0 amide bonds. The molecule has 5 aromatic rings. The van der Waals surface area contributed by atoms with Crippen molar-refractivity contribution in [1.82, 2.24) is 5.06 Å². The normalized spacial score (nSPS) is 15.5. The predicted molar refractivity (Wildman–Crippen MR) is 195 cm³/mol. The molecule has 1 aromatic heterocycles. The van der Waals surface area contributed by atoms with Gasteiger partial charge < -0.3 is 9.15 Å². The smallest absolute Gasteiger partial charge is 0.375 e. The van der Waals surface area contributed by atoms with E-state index in [0.717, 1.165) is 22.3 Å². The van der Waals surface area contributed by atoms with Crippen molar-refractivity contribution < 1.29 is 39.4 Å². The van der Waals surface area contributed by atoms with Gasteiger partial charge in [0.15, 0.2) is 11.6 Å². The Morgan fingerprint density at radius 3 is 2.22 bits per heavy atom. The maximum absolute atomic E-state index is 13.5. The number of benzene rings is 4. The second-order valence-electron chi connectivity index (χ2n) is 11.9. The minimum absolute atomic E-state index is 0.163. The van der Waals surface area contributed by atoms with E-state index in [2.05, 4.69) is 0 Å². The maximum Gasteiger partial charge on any atom is 0.375 e. The Hall–Kier alpha value is -5.47. The van der Waals surface area contributed by atoms with E-state index >= 15 is 0 Å². The molecular formula is C38H34N3O8S2+. The minimum atomic E-state index is -4.48. The molecule has 2 aliphatic heterocycles. The van der Waals surface area contributed by atoms with Gasteiger partial charge in [-0.05, 0) is 58.5 Å². The number of hydrogen-bond donors (Lipinski definition) is 1. The van der Waals surface area contributed by atoms with Crippen LogP contribution >= 0.6 is 0 Å². The third-order valence-electron chi connectivity index (χ3n) is 8.27. The highest BCUT2D eigenvalue weighted by atomic mass is 32.2. The molecule has 3 heterocycles. The Morgan fingerprint density at radius 2 is 1.57 bits per heavy atom. The quantitative estimate of drug-likeness (QED) is 0.112. The lowest BCUT2D eigenvalue weighted by Gasteiger charge is -2.23. The number of hydroxylamine groups is 2.